The monoisotopic (exact) mass is 338 g/mol. The number of carbonyl (C=O) groups is 2. The topological polar surface area (TPSA) is 49.9 Å². The van der Waals surface area contributed by atoms with E-state index in [9.17, 15) is 9.59 Å². The zero-order valence-electron chi connectivity index (χ0n) is 14.5. The van der Waals surface area contributed by atoms with E-state index in [4.69, 9.17) is 4.74 Å². The van der Waals surface area contributed by atoms with E-state index in [2.05, 4.69) is 0 Å². The van der Waals surface area contributed by atoms with E-state index in [1.807, 2.05) is 61.5 Å². The van der Waals surface area contributed by atoms with Crippen molar-refractivity contribution in [2.75, 3.05) is 31.6 Å². The molecule has 0 N–H and O–H groups in total. The summed E-state index contributed by atoms with van der Waals surface area (Å²) in [4.78, 5) is 28.8. The van der Waals surface area contributed by atoms with Gasteiger partial charge in [-0.2, -0.15) is 0 Å². The van der Waals surface area contributed by atoms with Crippen LogP contribution >= 0.6 is 0 Å². The second-order valence-electron chi connectivity index (χ2n) is 6.12. The summed E-state index contributed by atoms with van der Waals surface area (Å²) in [6, 6.07) is 17.1. The first kappa shape index (κ1) is 17.2. The first-order valence-electron chi connectivity index (χ1n) is 8.34. The number of methoxy groups -OCH3 is 1. The summed E-state index contributed by atoms with van der Waals surface area (Å²) < 4.78 is 5.40. The van der Waals surface area contributed by atoms with Gasteiger partial charge in [0.1, 0.15) is 6.54 Å². The second-order valence-corrected chi connectivity index (χ2v) is 6.12. The lowest BCUT2D eigenvalue weighted by Gasteiger charge is -2.36. The Hall–Kier alpha value is -2.66. The number of carbonyl (C=O) groups excluding carboxylic acids is 2. The molecule has 0 unspecified atom stereocenters. The molecule has 0 aromatic heterocycles. The maximum absolute atomic E-state index is 12.8. The van der Waals surface area contributed by atoms with Crippen LogP contribution in [0.25, 0.3) is 0 Å². The first-order chi connectivity index (χ1) is 12.1. The van der Waals surface area contributed by atoms with Crippen molar-refractivity contribution in [1.82, 2.24) is 4.90 Å². The van der Waals surface area contributed by atoms with Gasteiger partial charge in [-0.3, -0.25) is 9.59 Å². The third-order valence-corrected chi connectivity index (χ3v) is 4.50. The zero-order valence-corrected chi connectivity index (χ0v) is 14.5. The summed E-state index contributed by atoms with van der Waals surface area (Å²) >= 11 is 0. The quantitative estimate of drug-likeness (QED) is 0.861. The number of piperazine rings is 1. The SMILES string of the molecule is CO[C@@H](C(=O)N1CCN(c2ccccc2C)C(=O)C1)c1ccccc1. The van der Waals surface area contributed by atoms with Gasteiger partial charge in [0.05, 0.1) is 0 Å². The number of anilines is 1. The number of rotatable bonds is 4. The molecule has 1 heterocycles. The Bertz CT molecular complexity index is 761. The number of aryl methyl sites for hydroxylation is 1. The van der Waals surface area contributed by atoms with Crippen LogP contribution in [0, 0.1) is 6.92 Å². The highest BCUT2D eigenvalue weighted by Crippen LogP contribution is 2.24. The first-order valence-corrected chi connectivity index (χ1v) is 8.34. The van der Waals surface area contributed by atoms with Crippen LogP contribution in [0.3, 0.4) is 0 Å². The maximum Gasteiger partial charge on any atom is 0.256 e. The Morgan fingerprint density at radius 3 is 2.36 bits per heavy atom. The van der Waals surface area contributed by atoms with Crippen molar-refractivity contribution in [3.63, 3.8) is 0 Å². The third-order valence-electron chi connectivity index (χ3n) is 4.50. The number of nitrogens with zero attached hydrogens (tertiary/aromatic N) is 2. The molecule has 3 rings (SSSR count). The molecule has 2 aromatic rings. The average molecular weight is 338 g/mol. The van der Waals surface area contributed by atoms with Gasteiger partial charge in [0.25, 0.3) is 5.91 Å². The van der Waals surface area contributed by atoms with Gasteiger partial charge in [-0.25, -0.2) is 0 Å². The van der Waals surface area contributed by atoms with Crippen LogP contribution in [-0.4, -0.2) is 43.5 Å². The van der Waals surface area contributed by atoms with E-state index >= 15 is 0 Å². The Morgan fingerprint density at radius 2 is 1.72 bits per heavy atom. The fraction of sp³-hybridized carbons (Fsp3) is 0.300. The molecule has 5 nitrogen and oxygen atoms in total. The number of para-hydroxylation sites is 1. The number of ether oxygens (including phenoxy) is 1. The van der Waals surface area contributed by atoms with E-state index in [1.54, 1.807) is 9.80 Å². The van der Waals surface area contributed by atoms with E-state index in [-0.39, 0.29) is 18.4 Å². The summed E-state index contributed by atoms with van der Waals surface area (Å²) in [6.07, 6.45) is -0.681. The van der Waals surface area contributed by atoms with Crippen LogP contribution in [0.15, 0.2) is 54.6 Å². The highest BCUT2D eigenvalue weighted by molar-refractivity contribution is 5.99. The molecule has 1 aliphatic heterocycles. The van der Waals surface area contributed by atoms with E-state index in [0.29, 0.717) is 13.1 Å². The molecular formula is C20H22N2O3. The predicted octanol–water partition coefficient (Wildman–Crippen LogP) is 2.56. The van der Waals surface area contributed by atoms with Crippen LogP contribution in [0.5, 0.6) is 0 Å². The largest absolute Gasteiger partial charge is 0.367 e. The van der Waals surface area contributed by atoms with Crippen LogP contribution in [0.1, 0.15) is 17.2 Å². The summed E-state index contributed by atoms with van der Waals surface area (Å²) in [5.74, 6) is -0.247. The number of benzene rings is 2. The van der Waals surface area contributed by atoms with Gasteiger partial charge < -0.3 is 14.5 Å². The van der Waals surface area contributed by atoms with Crippen molar-refractivity contribution in [1.29, 1.82) is 0 Å². The molecule has 5 heteroatoms. The van der Waals surface area contributed by atoms with Crippen LogP contribution in [0.4, 0.5) is 5.69 Å². The molecule has 1 fully saturated rings. The highest BCUT2D eigenvalue weighted by atomic mass is 16.5. The molecule has 0 radical (unpaired) electrons. The summed E-state index contributed by atoms with van der Waals surface area (Å²) in [5, 5.41) is 0. The van der Waals surface area contributed by atoms with Crippen molar-refractivity contribution in [2.24, 2.45) is 0 Å². The third kappa shape index (κ3) is 3.56. The number of hydrogen-bond donors (Lipinski definition) is 0. The molecule has 0 aliphatic carbocycles. The molecule has 130 valence electrons. The Kier molecular flexibility index (Phi) is 5.14. The van der Waals surface area contributed by atoms with Gasteiger partial charge in [0, 0.05) is 25.9 Å². The van der Waals surface area contributed by atoms with Crippen molar-refractivity contribution in [2.45, 2.75) is 13.0 Å². The van der Waals surface area contributed by atoms with Gasteiger partial charge in [0.2, 0.25) is 5.91 Å². The molecular weight excluding hydrogens is 316 g/mol. The van der Waals surface area contributed by atoms with Gasteiger partial charge in [-0.1, -0.05) is 48.5 Å². The van der Waals surface area contributed by atoms with E-state index in [0.717, 1.165) is 16.8 Å². The Balaban J connectivity index is 1.73. The van der Waals surface area contributed by atoms with Gasteiger partial charge in [-0.15, -0.1) is 0 Å². The summed E-state index contributed by atoms with van der Waals surface area (Å²) in [7, 11) is 1.51. The molecule has 0 spiro atoms. The molecule has 1 aliphatic rings. The Morgan fingerprint density at radius 1 is 1.04 bits per heavy atom. The fourth-order valence-electron chi connectivity index (χ4n) is 3.16. The standard InChI is InChI=1S/C20H22N2O3/c1-15-8-6-7-11-17(15)22-13-12-21(14-18(22)23)20(24)19(25-2)16-9-4-3-5-10-16/h3-11,19H,12-14H2,1-2H3/t19-/m1/s1. The number of amides is 2. The lowest BCUT2D eigenvalue weighted by atomic mass is 10.1. The van der Waals surface area contributed by atoms with E-state index in [1.165, 1.54) is 7.11 Å². The van der Waals surface area contributed by atoms with Crippen LogP contribution in [-0.2, 0) is 14.3 Å². The molecule has 0 saturated carbocycles. The number of hydrogen-bond acceptors (Lipinski definition) is 3. The average Bonchev–Trinajstić information content (AvgIpc) is 2.64. The summed E-state index contributed by atoms with van der Waals surface area (Å²) in [5.41, 5.74) is 2.75. The van der Waals surface area contributed by atoms with Gasteiger partial charge in [0.15, 0.2) is 6.10 Å². The highest BCUT2D eigenvalue weighted by Gasteiger charge is 2.32. The maximum atomic E-state index is 12.8. The molecule has 1 saturated heterocycles. The molecule has 0 bridgehead atoms. The van der Waals surface area contributed by atoms with E-state index < -0.39 is 6.10 Å². The van der Waals surface area contributed by atoms with Crippen molar-refractivity contribution in [3.05, 3.63) is 65.7 Å². The fourth-order valence-corrected chi connectivity index (χ4v) is 3.16. The van der Waals surface area contributed by atoms with Crippen LogP contribution < -0.4 is 4.90 Å². The lowest BCUT2D eigenvalue weighted by Crippen LogP contribution is -2.53. The minimum atomic E-state index is -0.681. The smallest absolute Gasteiger partial charge is 0.256 e. The van der Waals surface area contributed by atoms with Crippen molar-refractivity contribution >= 4 is 17.5 Å². The minimum Gasteiger partial charge on any atom is -0.367 e. The molecule has 2 amide bonds. The predicted molar refractivity (Wildman–Crippen MR) is 96.3 cm³/mol. The normalized spacial score (nSPS) is 16.0. The lowest BCUT2D eigenvalue weighted by molar-refractivity contribution is -0.146. The van der Waals surface area contributed by atoms with Gasteiger partial charge >= 0.3 is 0 Å². The summed E-state index contributed by atoms with van der Waals surface area (Å²) in [6.45, 7) is 3.03. The zero-order chi connectivity index (χ0) is 17.8. The van der Waals surface area contributed by atoms with Crippen molar-refractivity contribution in [3.8, 4) is 0 Å². The Labute approximate surface area is 147 Å². The minimum absolute atomic E-state index is 0.0693. The second kappa shape index (κ2) is 7.49. The van der Waals surface area contributed by atoms with Crippen molar-refractivity contribution < 1.29 is 14.3 Å². The van der Waals surface area contributed by atoms with Gasteiger partial charge in [-0.05, 0) is 24.1 Å². The molecule has 2 aromatic carbocycles. The molecule has 1 atom stereocenters. The molecule has 25 heavy (non-hydrogen) atoms. The van der Waals surface area contributed by atoms with Crippen LogP contribution in [0.2, 0.25) is 0 Å².